The molecule has 0 atom stereocenters. The van der Waals surface area contributed by atoms with E-state index in [0.717, 1.165) is 106 Å². The molecule has 5 nitrogen and oxygen atoms in total. The average molecular weight is 788 g/mol. The zero-order valence-corrected chi connectivity index (χ0v) is 34.2. The van der Waals surface area contributed by atoms with Crippen LogP contribution in [-0.2, 0) is 5.41 Å². The van der Waals surface area contributed by atoms with Crippen molar-refractivity contribution >= 4 is 61.0 Å². The quantitative estimate of drug-likeness (QED) is 0.124. The Hall–Kier alpha value is -7.76. The fraction of sp³-hybridized carbons (Fsp3) is 0.0714. The number of furan rings is 1. The first-order chi connectivity index (χ1) is 29.8. The second-order valence-electron chi connectivity index (χ2n) is 16.2. The lowest BCUT2D eigenvalue weighted by Gasteiger charge is -2.36. The van der Waals surface area contributed by atoms with Gasteiger partial charge in [-0.15, -0.1) is 0 Å². The van der Waals surface area contributed by atoms with Crippen molar-refractivity contribution < 1.29 is 9.15 Å². The normalized spacial score (nSPS) is 13.7. The van der Waals surface area contributed by atoms with Crippen LogP contribution in [0.2, 0.25) is 0 Å². The van der Waals surface area contributed by atoms with Crippen LogP contribution in [0.25, 0.3) is 66.3 Å². The van der Waals surface area contributed by atoms with Gasteiger partial charge in [-0.3, -0.25) is 0 Å². The Morgan fingerprint density at radius 3 is 2.00 bits per heavy atom. The highest BCUT2D eigenvalue weighted by atomic mass is 16.5. The van der Waals surface area contributed by atoms with Crippen LogP contribution in [0.4, 0.5) is 0 Å². The monoisotopic (exact) mass is 787 g/mol. The minimum absolute atomic E-state index is 0.414. The van der Waals surface area contributed by atoms with Crippen molar-refractivity contribution in [3.05, 3.63) is 216 Å². The summed E-state index contributed by atoms with van der Waals surface area (Å²) in [6.07, 6.45) is 0. The lowest BCUT2D eigenvalue weighted by molar-refractivity contribution is 0.419. The molecule has 0 saturated carbocycles. The van der Waals surface area contributed by atoms with Crippen LogP contribution in [-0.4, -0.2) is 16.1 Å². The number of nitrogens with zero attached hydrogens (tertiary/aromatic N) is 3. The van der Waals surface area contributed by atoms with E-state index in [2.05, 4.69) is 146 Å². The van der Waals surface area contributed by atoms with Gasteiger partial charge in [-0.05, 0) is 72.1 Å². The van der Waals surface area contributed by atoms with Crippen molar-refractivity contribution in [3.63, 3.8) is 0 Å². The number of rotatable bonds is 6. The minimum Gasteiger partial charge on any atom is -0.455 e. The van der Waals surface area contributed by atoms with E-state index < -0.39 is 5.41 Å². The Kier molecular flexibility index (Phi) is 8.46. The highest BCUT2D eigenvalue weighted by Gasteiger charge is 2.37. The molecule has 11 rings (SSSR count). The van der Waals surface area contributed by atoms with Gasteiger partial charge in [-0.25, -0.2) is 9.98 Å². The summed E-state index contributed by atoms with van der Waals surface area (Å²) in [6.45, 7) is 11.0. The maximum atomic E-state index is 7.27. The van der Waals surface area contributed by atoms with E-state index in [9.17, 15) is 0 Å². The van der Waals surface area contributed by atoms with Crippen LogP contribution in [0.15, 0.2) is 203 Å². The third kappa shape index (κ3) is 5.92. The van der Waals surface area contributed by atoms with Crippen molar-refractivity contribution in [3.8, 4) is 28.3 Å². The Bertz CT molecular complexity index is 3430. The van der Waals surface area contributed by atoms with Gasteiger partial charge in [0.05, 0.1) is 27.7 Å². The van der Waals surface area contributed by atoms with Gasteiger partial charge in [-0.2, -0.15) is 0 Å². The highest BCUT2D eigenvalue weighted by Crippen LogP contribution is 2.53. The summed E-state index contributed by atoms with van der Waals surface area (Å²) < 4.78 is 16.3. The van der Waals surface area contributed by atoms with E-state index in [0.29, 0.717) is 11.5 Å². The molecule has 2 aromatic heterocycles. The lowest BCUT2D eigenvalue weighted by atomic mass is 9.74. The molecule has 0 aliphatic carbocycles. The van der Waals surface area contributed by atoms with E-state index >= 15 is 0 Å². The molecule has 0 spiro atoms. The number of para-hydroxylation sites is 4. The summed E-state index contributed by atoms with van der Waals surface area (Å²) in [4.78, 5) is 10.4. The van der Waals surface area contributed by atoms with Gasteiger partial charge in [0.25, 0.3) is 0 Å². The lowest BCUT2D eigenvalue weighted by Crippen LogP contribution is -2.26. The largest absolute Gasteiger partial charge is 0.455 e. The zero-order valence-electron chi connectivity index (χ0n) is 34.2. The van der Waals surface area contributed by atoms with Crippen molar-refractivity contribution in [2.75, 3.05) is 0 Å². The first-order valence-corrected chi connectivity index (χ1v) is 20.7. The number of fused-ring (bicyclic) bond motifs is 9. The van der Waals surface area contributed by atoms with Crippen molar-refractivity contribution in [2.24, 2.45) is 9.98 Å². The number of ether oxygens (including phenoxy) is 1. The molecule has 0 unspecified atom stereocenters. The SMILES string of the molecule is C=C(N=C(N=C(C)c1ccccc1)c1cccc2c1Oc1c(-c3ccc4c(c3)c3c5oc6ccccc6c5ccc3n4-c3ccccc3)cccc1C2(C)C)c1ccccc1. The Morgan fingerprint density at radius 2 is 1.23 bits per heavy atom. The molecule has 0 N–H and O–H groups in total. The number of amidine groups is 1. The molecular formula is C56H41N3O2. The highest BCUT2D eigenvalue weighted by molar-refractivity contribution is 6.24. The molecule has 5 heteroatoms. The summed E-state index contributed by atoms with van der Waals surface area (Å²) >= 11 is 0. The molecular weight excluding hydrogens is 747 g/mol. The van der Waals surface area contributed by atoms with Gasteiger partial charge in [0, 0.05) is 49.7 Å². The van der Waals surface area contributed by atoms with Crippen LogP contribution >= 0.6 is 0 Å². The van der Waals surface area contributed by atoms with E-state index in [1.54, 1.807) is 0 Å². The molecule has 0 amide bonds. The van der Waals surface area contributed by atoms with Crippen LogP contribution in [0.3, 0.4) is 0 Å². The molecule has 1 aliphatic rings. The van der Waals surface area contributed by atoms with Gasteiger partial charge in [0.2, 0.25) is 0 Å². The predicted molar refractivity (Wildman–Crippen MR) is 253 cm³/mol. The Morgan fingerprint density at radius 1 is 0.574 bits per heavy atom. The molecule has 10 aromatic rings. The molecule has 0 fully saturated rings. The molecule has 3 heterocycles. The zero-order chi connectivity index (χ0) is 41.2. The van der Waals surface area contributed by atoms with Crippen molar-refractivity contribution in [1.82, 2.24) is 4.57 Å². The van der Waals surface area contributed by atoms with Gasteiger partial charge in [0.15, 0.2) is 5.84 Å². The first kappa shape index (κ1) is 36.3. The van der Waals surface area contributed by atoms with Gasteiger partial charge in [0.1, 0.15) is 22.7 Å². The Labute approximate surface area is 354 Å². The van der Waals surface area contributed by atoms with Crippen LogP contribution < -0.4 is 4.74 Å². The summed E-state index contributed by atoms with van der Waals surface area (Å²) in [5.74, 6) is 2.09. The van der Waals surface area contributed by atoms with Gasteiger partial charge >= 0.3 is 0 Å². The second kappa shape index (κ2) is 14.2. The second-order valence-corrected chi connectivity index (χ2v) is 16.2. The molecule has 0 saturated heterocycles. The predicted octanol–water partition coefficient (Wildman–Crippen LogP) is 14.7. The summed E-state index contributed by atoms with van der Waals surface area (Å²) in [5.41, 5.74) is 13.1. The summed E-state index contributed by atoms with van der Waals surface area (Å²) in [5, 5.41) is 4.40. The Balaban J connectivity index is 1.11. The van der Waals surface area contributed by atoms with Gasteiger partial charge in [-0.1, -0.05) is 154 Å². The van der Waals surface area contributed by atoms with Crippen molar-refractivity contribution in [1.29, 1.82) is 0 Å². The third-order valence-electron chi connectivity index (χ3n) is 12.2. The third-order valence-corrected chi connectivity index (χ3v) is 12.2. The fourth-order valence-electron chi connectivity index (χ4n) is 9.11. The number of benzene rings is 8. The summed E-state index contributed by atoms with van der Waals surface area (Å²) in [7, 11) is 0. The first-order valence-electron chi connectivity index (χ1n) is 20.7. The number of aromatic nitrogens is 1. The van der Waals surface area contributed by atoms with Crippen molar-refractivity contribution in [2.45, 2.75) is 26.2 Å². The fourth-order valence-corrected chi connectivity index (χ4v) is 9.11. The standard InChI is InChI=1S/C56H41N3O2/c1-35(37-18-8-5-9-19-37)57-55(58-36(2)38-20-10-6-11-21-38)44-26-17-28-47-53(44)61-52-41(25-16-27-46(52)56(47,3)4)39-30-32-48-45(34-39)51-49(59(48)40-22-12-7-13-23-40)33-31-43-42-24-14-15-29-50(42)60-54(43)51/h5-34H,1H2,2-4H3. The number of hydrogen-bond donors (Lipinski definition) is 0. The van der Waals surface area contributed by atoms with E-state index in [1.165, 1.54) is 0 Å². The molecule has 1 aliphatic heterocycles. The van der Waals surface area contributed by atoms with Crippen LogP contribution in [0.5, 0.6) is 11.5 Å². The number of hydrogen-bond acceptors (Lipinski definition) is 3. The molecule has 8 aromatic carbocycles. The van der Waals surface area contributed by atoms with Crippen LogP contribution in [0, 0.1) is 0 Å². The number of aliphatic imine (C=N–C) groups is 2. The van der Waals surface area contributed by atoms with Crippen LogP contribution in [0.1, 0.15) is 48.6 Å². The minimum atomic E-state index is -0.414. The van der Waals surface area contributed by atoms with E-state index in [4.69, 9.17) is 19.1 Å². The summed E-state index contributed by atoms with van der Waals surface area (Å²) in [6, 6.07) is 63.1. The molecule has 0 bridgehead atoms. The average Bonchev–Trinajstić information content (AvgIpc) is 3.85. The molecule has 292 valence electrons. The smallest absolute Gasteiger partial charge is 0.163 e. The maximum absolute atomic E-state index is 7.27. The van der Waals surface area contributed by atoms with Gasteiger partial charge < -0.3 is 13.7 Å². The van der Waals surface area contributed by atoms with E-state index in [-0.39, 0.29) is 0 Å². The molecule has 61 heavy (non-hydrogen) atoms. The molecule has 0 radical (unpaired) electrons. The van der Waals surface area contributed by atoms with E-state index in [1.807, 2.05) is 67.6 Å². The maximum Gasteiger partial charge on any atom is 0.163 e. The topological polar surface area (TPSA) is 52.0 Å².